The molecule has 2 rings (SSSR count). The van der Waals surface area contributed by atoms with Crippen LogP contribution in [0.4, 0.5) is 8.78 Å². The van der Waals surface area contributed by atoms with Gasteiger partial charge >= 0.3 is 0 Å². The summed E-state index contributed by atoms with van der Waals surface area (Å²) in [6, 6.07) is 3.96. The first-order valence-corrected chi connectivity index (χ1v) is 6.05. The second kappa shape index (κ2) is 5.10. The molecule has 17 heavy (non-hydrogen) atoms. The summed E-state index contributed by atoms with van der Waals surface area (Å²) in [5.41, 5.74) is 2.99. The van der Waals surface area contributed by atoms with Crippen molar-refractivity contribution in [3.8, 4) is 0 Å². The summed E-state index contributed by atoms with van der Waals surface area (Å²) in [7, 11) is 0. The smallest absolute Gasteiger partial charge is 0.163 e. The molecule has 1 fully saturated rings. The normalized spacial score (nSPS) is 26.1. The molecule has 3 unspecified atom stereocenters. The van der Waals surface area contributed by atoms with Gasteiger partial charge in [0.15, 0.2) is 11.6 Å². The largest absolute Gasteiger partial charge is 0.271 e. The maximum Gasteiger partial charge on any atom is 0.163 e. The van der Waals surface area contributed by atoms with E-state index >= 15 is 0 Å². The first-order valence-electron chi connectivity index (χ1n) is 6.05. The van der Waals surface area contributed by atoms with E-state index in [1.807, 2.05) is 0 Å². The molecule has 1 aromatic rings. The quantitative estimate of drug-likeness (QED) is 0.629. The molecule has 0 radical (unpaired) electrons. The van der Waals surface area contributed by atoms with Gasteiger partial charge < -0.3 is 0 Å². The third kappa shape index (κ3) is 2.33. The van der Waals surface area contributed by atoms with E-state index in [-0.39, 0.29) is 12.0 Å². The van der Waals surface area contributed by atoms with Gasteiger partial charge in [-0.15, -0.1) is 0 Å². The van der Waals surface area contributed by atoms with Gasteiger partial charge in [0.05, 0.1) is 6.04 Å². The molecule has 4 heteroatoms. The van der Waals surface area contributed by atoms with Crippen molar-refractivity contribution in [1.82, 2.24) is 5.43 Å². The standard InChI is InChI=1S/C13H18F2N2/c1-8-4-2-5-9(8)13(17-16)10-6-3-7-11(14)12(10)15/h3,6-9,13,17H,2,4-5,16H2,1H3. The molecule has 94 valence electrons. The van der Waals surface area contributed by atoms with Crippen LogP contribution in [0.1, 0.15) is 37.8 Å². The highest BCUT2D eigenvalue weighted by Crippen LogP contribution is 2.40. The second-order valence-electron chi connectivity index (χ2n) is 4.86. The molecule has 1 aliphatic rings. The monoisotopic (exact) mass is 240 g/mol. The van der Waals surface area contributed by atoms with Crippen LogP contribution in [-0.4, -0.2) is 0 Å². The van der Waals surface area contributed by atoms with Crippen molar-refractivity contribution in [2.24, 2.45) is 17.7 Å². The number of nitrogens with one attached hydrogen (secondary N) is 1. The van der Waals surface area contributed by atoms with Crippen molar-refractivity contribution >= 4 is 0 Å². The van der Waals surface area contributed by atoms with Gasteiger partial charge in [0.25, 0.3) is 0 Å². The Labute approximate surface area is 100 Å². The molecule has 1 saturated carbocycles. The number of hydrogen-bond acceptors (Lipinski definition) is 2. The number of hydrazine groups is 1. The van der Waals surface area contributed by atoms with Gasteiger partial charge in [-0.05, 0) is 24.3 Å². The summed E-state index contributed by atoms with van der Waals surface area (Å²) in [5.74, 6) is 4.69. The summed E-state index contributed by atoms with van der Waals surface area (Å²) in [4.78, 5) is 0. The lowest BCUT2D eigenvalue weighted by atomic mass is 9.86. The van der Waals surface area contributed by atoms with E-state index < -0.39 is 11.6 Å². The summed E-state index contributed by atoms with van der Waals surface area (Å²) >= 11 is 0. The molecule has 0 aliphatic heterocycles. The van der Waals surface area contributed by atoms with Crippen LogP contribution in [0.25, 0.3) is 0 Å². The zero-order valence-corrected chi connectivity index (χ0v) is 9.92. The van der Waals surface area contributed by atoms with Crippen LogP contribution < -0.4 is 11.3 Å². The van der Waals surface area contributed by atoms with Crippen LogP contribution in [-0.2, 0) is 0 Å². The van der Waals surface area contributed by atoms with Crippen molar-refractivity contribution in [2.75, 3.05) is 0 Å². The van der Waals surface area contributed by atoms with Crippen molar-refractivity contribution in [1.29, 1.82) is 0 Å². The number of rotatable bonds is 3. The Morgan fingerprint density at radius 1 is 1.35 bits per heavy atom. The molecule has 1 aliphatic carbocycles. The minimum Gasteiger partial charge on any atom is -0.271 e. The minimum atomic E-state index is -0.812. The maximum atomic E-state index is 13.7. The number of nitrogens with two attached hydrogens (primary N) is 1. The minimum absolute atomic E-state index is 0.274. The van der Waals surface area contributed by atoms with Gasteiger partial charge in [-0.1, -0.05) is 31.9 Å². The highest BCUT2D eigenvalue weighted by Gasteiger charge is 2.33. The van der Waals surface area contributed by atoms with E-state index in [0.717, 1.165) is 25.3 Å². The molecule has 1 aromatic carbocycles. The molecule has 0 saturated heterocycles. The van der Waals surface area contributed by atoms with E-state index in [2.05, 4.69) is 12.3 Å². The van der Waals surface area contributed by atoms with Crippen LogP contribution in [0.15, 0.2) is 18.2 Å². The predicted molar refractivity (Wildman–Crippen MR) is 62.9 cm³/mol. The topological polar surface area (TPSA) is 38.0 Å². The average molecular weight is 240 g/mol. The Morgan fingerprint density at radius 2 is 2.12 bits per heavy atom. The van der Waals surface area contributed by atoms with Crippen LogP contribution in [0.3, 0.4) is 0 Å². The van der Waals surface area contributed by atoms with E-state index in [0.29, 0.717) is 11.5 Å². The Hall–Kier alpha value is -1.00. The summed E-state index contributed by atoms with van der Waals surface area (Å²) < 4.78 is 27.0. The van der Waals surface area contributed by atoms with Crippen molar-refractivity contribution < 1.29 is 8.78 Å². The molecule has 3 N–H and O–H groups in total. The fourth-order valence-corrected chi connectivity index (χ4v) is 2.87. The van der Waals surface area contributed by atoms with Crippen LogP contribution >= 0.6 is 0 Å². The third-order valence-electron chi connectivity index (χ3n) is 3.85. The summed E-state index contributed by atoms with van der Waals surface area (Å²) in [6.45, 7) is 2.14. The SMILES string of the molecule is CC1CCCC1C(NN)c1cccc(F)c1F. The first-order chi connectivity index (χ1) is 8.15. The van der Waals surface area contributed by atoms with E-state index in [1.165, 1.54) is 6.07 Å². The summed E-state index contributed by atoms with van der Waals surface area (Å²) in [6.07, 6.45) is 3.26. The Morgan fingerprint density at radius 3 is 2.71 bits per heavy atom. The van der Waals surface area contributed by atoms with Gasteiger partial charge in [-0.3, -0.25) is 11.3 Å². The van der Waals surface area contributed by atoms with E-state index in [1.54, 1.807) is 6.07 Å². The van der Waals surface area contributed by atoms with Crippen LogP contribution in [0, 0.1) is 23.5 Å². The molecular formula is C13H18F2N2. The number of halogens is 2. The lowest BCUT2D eigenvalue weighted by Gasteiger charge is -2.27. The lowest BCUT2D eigenvalue weighted by molar-refractivity contribution is 0.295. The molecule has 0 spiro atoms. The first kappa shape index (κ1) is 12.5. The molecule has 0 heterocycles. The van der Waals surface area contributed by atoms with Gasteiger partial charge in [0.2, 0.25) is 0 Å². The fourth-order valence-electron chi connectivity index (χ4n) is 2.87. The van der Waals surface area contributed by atoms with Crippen molar-refractivity contribution in [2.45, 2.75) is 32.2 Å². The lowest BCUT2D eigenvalue weighted by Crippen LogP contribution is -2.35. The zero-order valence-electron chi connectivity index (χ0n) is 9.92. The van der Waals surface area contributed by atoms with Gasteiger partial charge in [-0.2, -0.15) is 0 Å². The van der Waals surface area contributed by atoms with Crippen LogP contribution in [0.2, 0.25) is 0 Å². The third-order valence-corrected chi connectivity index (χ3v) is 3.85. The Balaban J connectivity index is 2.31. The molecule has 3 atom stereocenters. The molecule has 0 amide bonds. The predicted octanol–water partition coefficient (Wildman–Crippen LogP) is 2.91. The van der Waals surface area contributed by atoms with Crippen molar-refractivity contribution in [3.05, 3.63) is 35.4 Å². The highest BCUT2D eigenvalue weighted by atomic mass is 19.2. The van der Waals surface area contributed by atoms with E-state index in [4.69, 9.17) is 5.84 Å². The van der Waals surface area contributed by atoms with Gasteiger partial charge in [-0.25, -0.2) is 8.78 Å². The molecule has 0 bridgehead atoms. The fraction of sp³-hybridized carbons (Fsp3) is 0.538. The Kier molecular flexibility index (Phi) is 3.74. The van der Waals surface area contributed by atoms with E-state index in [9.17, 15) is 8.78 Å². The summed E-state index contributed by atoms with van der Waals surface area (Å²) in [5, 5.41) is 0. The molecule has 0 aromatic heterocycles. The average Bonchev–Trinajstić information content (AvgIpc) is 2.72. The number of benzene rings is 1. The maximum absolute atomic E-state index is 13.7. The van der Waals surface area contributed by atoms with Gasteiger partial charge in [0, 0.05) is 5.56 Å². The zero-order chi connectivity index (χ0) is 12.4. The van der Waals surface area contributed by atoms with Gasteiger partial charge in [0.1, 0.15) is 0 Å². The number of hydrogen-bond donors (Lipinski definition) is 2. The van der Waals surface area contributed by atoms with Crippen molar-refractivity contribution in [3.63, 3.8) is 0 Å². The highest BCUT2D eigenvalue weighted by molar-refractivity contribution is 5.23. The van der Waals surface area contributed by atoms with Crippen LogP contribution in [0.5, 0.6) is 0 Å². The molecular weight excluding hydrogens is 222 g/mol. The Bertz CT molecular complexity index is 395. The molecule has 2 nitrogen and oxygen atoms in total. The second-order valence-corrected chi connectivity index (χ2v) is 4.86.